The molecular weight excluding hydrogens is 232 g/mol. The molecule has 0 aliphatic rings. The molecule has 1 heteroatoms. The molecule has 0 atom stereocenters. The van der Waals surface area contributed by atoms with Crippen LogP contribution in [0.25, 0.3) is 10.8 Å². The second-order valence-electron chi connectivity index (χ2n) is 4.57. The van der Waals surface area contributed by atoms with Gasteiger partial charge >= 0.3 is 0 Å². The highest BCUT2D eigenvalue weighted by molar-refractivity contribution is 5.83. The summed E-state index contributed by atoms with van der Waals surface area (Å²) in [5.41, 5.74) is 1.23. The van der Waals surface area contributed by atoms with E-state index in [1.807, 2.05) is 30.3 Å². The molecule has 3 aromatic rings. The maximum Gasteiger partial charge on any atom is 0.130 e. The van der Waals surface area contributed by atoms with Gasteiger partial charge in [-0.3, -0.25) is 0 Å². The summed E-state index contributed by atoms with van der Waals surface area (Å²) in [7, 11) is 0. The third kappa shape index (κ3) is 2.45. The van der Waals surface area contributed by atoms with Gasteiger partial charge in [0.05, 0.1) is 0 Å². The fraction of sp³-hybridized carbons (Fsp3) is 0.111. The molecule has 0 aliphatic heterocycles. The van der Waals surface area contributed by atoms with Crippen LogP contribution in [0, 0.1) is 0 Å². The van der Waals surface area contributed by atoms with Crippen LogP contribution in [0.2, 0.25) is 0 Å². The Morgan fingerprint density at radius 1 is 0.789 bits per heavy atom. The average molecular weight is 248 g/mol. The molecule has 0 saturated heterocycles. The lowest BCUT2D eigenvalue weighted by Gasteiger charge is -2.10. The van der Waals surface area contributed by atoms with E-state index < -0.39 is 0 Å². The van der Waals surface area contributed by atoms with Crippen LogP contribution in [-0.4, -0.2) is 0 Å². The fourth-order valence-electron chi connectivity index (χ4n) is 2.25. The predicted molar refractivity (Wildman–Crippen MR) is 79.8 cm³/mol. The molecule has 3 rings (SSSR count). The predicted octanol–water partition coefficient (Wildman–Crippen LogP) is 5.19. The van der Waals surface area contributed by atoms with E-state index in [2.05, 4.69) is 43.3 Å². The first kappa shape index (κ1) is 11.8. The SMILES string of the molecule is CCc1ccccc1Oc1ccc2ccccc2c1. The highest BCUT2D eigenvalue weighted by Crippen LogP contribution is 2.28. The zero-order valence-corrected chi connectivity index (χ0v) is 11.0. The smallest absolute Gasteiger partial charge is 0.130 e. The number of benzene rings is 3. The van der Waals surface area contributed by atoms with Gasteiger partial charge in [0.1, 0.15) is 11.5 Å². The Labute approximate surface area is 113 Å². The van der Waals surface area contributed by atoms with Gasteiger partial charge in [0, 0.05) is 0 Å². The summed E-state index contributed by atoms with van der Waals surface area (Å²) in [6, 6.07) is 22.7. The molecular formula is C18H16O. The minimum Gasteiger partial charge on any atom is -0.457 e. The molecule has 0 heterocycles. The summed E-state index contributed by atoms with van der Waals surface area (Å²) >= 11 is 0. The number of hydrogen-bond acceptors (Lipinski definition) is 1. The molecule has 19 heavy (non-hydrogen) atoms. The van der Waals surface area contributed by atoms with Crippen LogP contribution < -0.4 is 4.74 Å². The van der Waals surface area contributed by atoms with Crippen molar-refractivity contribution >= 4 is 10.8 Å². The van der Waals surface area contributed by atoms with Gasteiger partial charge in [-0.25, -0.2) is 0 Å². The first-order chi connectivity index (χ1) is 9.36. The van der Waals surface area contributed by atoms with Crippen molar-refractivity contribution in [1.29, 1.82) is 0 Å². The number of hydrogen-bond donors (Lipinski definition) is 0. The summed E-state index contributed by atoms with van der Waals surface area (Å²) in [5.74, 6) is 1.83. The fourth-order valence-corrected chi connectivity index (χ4v) is 2.25. The third-order valence-corrected chi connectivity index (χ3v) is 3.30. The lowest BCUT2D eigenvalue weighted by Crippen LogP contribution is -1.89. The Hall–Kier alpha value is -2.28. The minimum atomic E-state index is 0.889. The van der Waals surface area contributed by atoms with Crippen molar-refractivity contribution in [2.75, 3.05) is 0 Å². The van der Waals surface area contributed by atoms with E-state index in [0.29, 0.717) is 0 Å². The van der Waals surface area contributed by atoms with Gasteiger partial charge in [-0.2, -0.15) is 0 Å². The van der Waals surface area contributed by atoms with Gasteiger partial charge in [0.15, 0.2) is 0 Å². The second kappa shape index (κ2) is 5.15. The Bertz CT molecular complexity index is 701. The molecule has 0 aromatic heterocycles. The Balaban J connectivity index is 1.96. The Morgan fingerprint density at radius 2 is 1.53 bits per heavy atom. The second-order valence-corrected chi connectivity index (χ2v) is 4.57. The molecule has 0 amide bonds. The van der Waals surface area contributed by atoms with Crippen LogP contribution in [0.1, 0.15) is 12.5 Å². The minimum absolute atomic E-state index is 0.889. The van der Waals surface area contributed by atoms with Gasteiger partial charge in [0.2, 0.25) is 0 Å². The van der Waals surface area contributed by atoms with E-state index in [1.165, 1.54) is 16.3 Å². The lowest BCUT2D eigenvalue weighted by atomic mass is 10.1. The standard InChI is InChI=1S/C18H16O/c1-2-14-7-5-6-10-18(14)19-17-12-11-15-8-3-4-9-16(15)13-17/h3-13H,2H2,1H3. The van der Waals surface area contributed by atoms with Crippen LogP contribution in [-0.2, 0) is 6.42 Å². The first-order valence-corrected chi connectivity index (χ1v) is 6.61. The van der Waals surface area contributed by atoms with Crippen molar-refractivity contribution < 1.29 is 4.74 Å². The summed E-state index contributed by atoms with van der Waals surface area (Å²) in [6.07, 6.45) is 0.976. The maximum atomic E-state index is 6.01. The van der Waals surface area contributed by atoms with E-state index in [0.717, 1.165) is 17.9 Å². The third-order valence-electron chi connectivity index (χ3n) is 3.30. The lowest BCUT2D eigenvalue weighted by molar-refractivity contribution is 0.477. The van der Waals surface area contributed by atoms with Crippen molar-refractivity contribution in [3.05, 3.63) is 72.3 Å². The number of aryl methyl sites for hydroxylation is 1. The van der Waals surface area contributed by atoms with E-state index in [1.54, 1.807) is 0 Å². The largest absolute Gasteiger partial charge is 0.457 e. The van der Waals surface area contributed by atoms with Gasteiger partial charge in [0.25, 0.3) is 0 Å². The molecule has 3 aromatic carbocycles. The van der Waals surface area contributed by atoms with Crippen molar-refractivity contribution in [1.82, 2.24) is 0 Å². The molecule has 0 N–H and O–H groups in total. The number of para-hydroxylation sites is 1. The first-order valence-electron chi connectivity index (χ1n) is 6.61. The Kier molecular flexibility index (Phi) is 3.20. The molecule has 1 nitrogen and oxygen atoms in total. The normalized spacial score (nSPS) is 10.6. The molecule has 0 aliphatic carbocycles. The highest BCUT2D eigenvalue weighted by atomic mass is 16.5. The van der Waals surface area contributed by atoms with Crippen molar-refractivity contribution in [2.24, 2.45) is 0 Å². The van der Waals surface area contributed by atoms with Gasteiger partial charge in [-0.1, -0.05) is 55.5 Å². The summed E-state index contributed by atoms with van der Waals surface area (Å²) in [6.45, 7) is 2.14. The number of fused-ring (bicyclic) bond motifs is 1. The summed E-state index contributed by atoms with van der Waals surface area (Å²) in [4.78, 5) is 0. The molecule has 0 spiro atoms. The highest BCUT2D eigenvalue weighted by Gasteiger charge is 2.03. The molecule has 0 saturated carbocycles. The van der Waals surface area contributed by atoms with Gasteiger partial charge in [-0.15, -0.1) is 0 Å². The summed E-state index contributed by atoms with van der Waals surface area (Å²) < 4.78 is 6.01. The molecule has 0 radical (unpaired) electrons. The van der Waals surface area contributed by atoms with Crippen LogP contribution in [0.3, 0.4) is 0 Å². The van der Waals surface area contributed by atoms with Gasteiger partial charge in [-0.05, 0) is 41.0 Å². The molecule has 0 bridgehead atoms. The quantitative estimate of drug-likeness (QED) is 0.619. The molecule has 94 valence electrons. The van der Waals surface area contributed by atoms with E-state index in [-0.39, 0.29) is 0 Å². The number of rotatable bonds is 3. The monoisotopic (exact) mass is 248 g/mol. The van der Waals surface area contributed by atoms with E-state index in [9.17, 15) is 0 Å². The molecule has 0 unspecified atom stereocenters. The van der Waals surface area contributed by atoms with Crippen molar-refractivity contribution in [3.63, 3.8) is 0 Å². The van der Waals surface area contributed by atoms with Crippen LogP contribution in [0.4, 0.5) is 0 Å². The topological polar surface area (TPSA) is 9.23 Å². The van der Waals surface area contributed by atoms with Gasteiger partial charge < -0.3 is 4.74 Å². The van der Waals surface area contributed by atoms with Crippen LogP contribution in [0.15, 0.2) is 66.7 Å². The van der Waals surface area contributed by atoms with Crippen molar-refractivity contribution in [3.8, 4) is 11.5 Å². The van der Waals surface area contributed by atoms with E-state index >= 15 is 0 Å². The van der Waals surface area contributed by atoms with Crippen LogP contribution >= 0.6 is 0 Å². The Morgan fingerprint density at radius 3 is 2.37 bits per heavy atom. The van der Waals surface area contributed by atoms with Crippen molar-refractivity contribution in [2.45, 2.75) is 13.3 Å². The molecule has 0 fully saturated rings. The maximum absolute atomic E-state index is 6.01. The van der Waals surface area contributed by atoms with E-state index in [4.69, 9.17) is 4.74 Å². The average Bonchev–Trinajstić information content (AvgIpc) is 2.48. The van der Waals surface area contributed by atoms with Crippen LogP contribution in [0.5, 0.6) is 11.5 Å². The zero-order chi connectivity index (χ0) is 13.1. The summed E-state index contributed by atoms with van der Waals surface area (Å²) in [5, 5.41) is 2.44. The zero-order valence-electron chi connectivity index (χ0n) is 11.0. The number of ether oxygens (including phenoxy) is 1.